The number of β-amino-alcohol motifs (C(OH)–C–C–N with tert-alkyl or cyclic N) is 1. The van der Waals surface area contributed by atoms with Crippen LogP contribution in [-0.4, -0.2) is 65.4 Å². The summed E-state index contributed by atoms with van der Waals surface area (Å²) < 4.78 is 26.7. The Bertz CT molecular complexity index is 640. The van der Waals surface area contributed by atoms with E-state index in [1.54, 1.807) is 24.3 Å². The molecule has 1 saturated heterocycles. The minimum absolute atomic E-state index is 0.0823. The number of rotatable bonds is 6. The third kappa shape index (κ3) is 4.65. The second-order valence-electron chi connectivity index (χ2n) is 6.68. The Labute approximate surface area is 152 Å². The lowest BCUT2D eigenvalue weighted by molar-refractivity contribution is 0.0343. The van der Waals surface area contributed by atoms with Crippen LogP contribution < -0.4 is 0 Å². The van der Waals surface area contributed by atoms with Gasteiger partial charge in [0.1, 0.15) is 11.6 Å². The lowest BCUT2D eigenvalue weighted by atomic mass is 9.96. The molecule has 1 atom stereocenters. The van der Waals surface area contributed by atoms with Gasteiger partial charge in [-0.2, -0.15) is 0 Å². The highest BCUT2D eigenvalue weighted by Crippen LogP contribution is 2.30. The van der Waals surface area contributed by atoms with E-state index in [1.165, 1.54) is 24.3 Å². The molecule has 1 aliphatic rings. The standard InChI is InChI=1S/C20H24F2N2O2/c21-17-5-1-15(2-6-17)20(16-3-7-18(22)8-4-16)24-11-9-23(10-12-24)13-19(26)14-25/h1-8,19-20,25-26H,9-14H2/t19-/m0/s1. The van der Waals surface area contributed by atoms with Gasteiger partial charge in [0.15, 0.2) is 0 Å². The Morgan fingerprint density at radius 3 is 1.69 bits per heavy atom. The molecule has 0 unspecified atom stereocenters. The fraction of sp³-hybridized carbons (Fsp3) is 0.400. The summed E-state index contributed by atoms with van der Waals surface area (Å²) in [6.07, 6.45) is -0.730. The zero-order chi connectivity index (χ0) is 18.5. The van der Waals surface area contributed by atoms with E-state index < -0.39 is 6.10 Å². The summed E-state index contributed by atoms with van der Waals surface area (Å²) in [7, 11) is 0. The number of benzene rings is 2. The third-order valence-corrected chi connectivity index (χ3v) is 4.82. The molecule has 0 aliphatic carbocycles. The molecule has 1 fully saturated rings. The van der Waals surface area contributed by atoms with E-state index in [0.29, 0.717) is 6.54 Å². The Morgan fingerprint density at radius 2 is 1.27 bits per heavy atom. The molecule has 0 saturated carbocycles. The van der Waals surface area contributed by atoms with Crippen molar-refractivity contribution in [3.05, 3.63) is 71.3 Å². The van der Waals surface area contributed by atoms with Gasteiger partial charge < -0.3 is 10.2 Å². The minimum atomic E-state index is -0.730. The molecule has 26 heavy (non-hydrogen) atoms. The van der Waals surface area contributed by atoms with E-state index in [4.69, 9.17) is 5.11 Å². The van der Waals surface area contributed by atoms with Crippen molar-refractivity contribution in [3.8, 4) is 0 Å². The molecule has 0 radical (unpaired) electrons. The quantitative estimate of drug-likeness (QED) is 0.826. The molecular formula is C20H24F2N2O2. The molecule has 2 N–H and O–H groups in total. The highest BCUT2D eigenvalue weighted by atomic mass is 19.1. The molecule has 140 valence electrons. The summed E-state index contributed by atoms with van der Waals surface area (Å²) in [5.41, 5.74) is 1.92. The van der Waals surface area contributed by atoms with Crippen molar-refractivity contribution in [1.29, 1.82) is 0 Å². The van der Waals surface area contributed by atoms with E-state index in [1.807, 2.05) is 0 Å². The lowest BCUT2D eigenvalue weighted by Crippen LogP contribution is -2.50. The van der Waals surface area contributed by atoms with Crippen LogP contribution in [0.15, 0.2) is 48.5 Å². The largest absolute Gasteiger partial charge is 0.394 e. The normalized spacial score (nSPS) is 17.6. The highest BCUT2D eigenvalue weighted by molar-refractivity contribution is 5.32. The van der Waals surface area contributed by atoms with Crippen LogP contribution >= 0.6 is 0 Å². The van der Waals surface area contributed by atoms with Crippen molar-refractivity contribution in [2.45, 2.75) is 12.1 Å². The van der Waals surface area contributed by atoms with Crippen LogP contribution in [0.1, 0.15) is 17.2 Å². The SMILES string of the molecule is OC[C@@H](O)CN1CCN(C(c2ccc(F)cc2)c2ccc(F)cc2)CC1. The molecule has 2 aromatic rings. The fourth-order valence-corrected chi connectivity index (χ4v) is 3.46. The van der Waals surface area contributed by atoms with E-state index in [9.17, 15) is 13.9 Å². The average Bonchev–Trinajstić information content (AvgIpc) is 2.66. The van der Waals surface area contributed by atoms with Crippen molar-refractivity contribution in [1.82, 2.24) is 9.80 Å². The molecule has 0 aromatic heterocycles. The first-order valence-corrected chi connectivity index (χ1v) is 8.83. The molecule has 3 rings (SSSR count). The van der Waals surface area contributed by atoms with Crippen LogP contribution in [0.4, 0.5) is 8.78 Å². The summed E-state index contributed by atoms with van der Waals surface area (Å²) in [6, 6.07) is 12.8. The Balaban J connectivity index is 1.78. The van der Waals surface area contributed by atoms with Gasteiger partial charge in [0.2, 0.25) is 0 Å². The molecule has 0 bridgehead atoms. The zero-order valence-electron chi connectivity index (χ0n) is 14.6. The van der Waals surface area contributed by atoms with Crippen molar-refractivity contribution >= 4 is 0 Å². The van der Waals surface area contributed by atoms with Gasteiger partial charge in [0.25, 0.3) is 0 Å². The van der Waals surface area contributed by atoms with Crippen LogP contribution in [0.2, 0.25) is 0 Å². The third-order valence-electron chi connectivity index (χ3n) is 4.82. The molecule has 0 spiro atoms. The summed E-state index contributed by atoms with van der Waals surface area (Å²) in [6.45, 7) is 3.25. The number of piperazine rings is 1. The predicted molar refractivity (Wildman–Crippen MR) is 95.7 cm³/mol. The second kappa shape index (κ2) is 8.68. The van der Waals surface area contributed by atoms with Gasteiger partial charge in [-0.05, 0) is 35.4 Å². The number of aliphatic hydroxyl groups excluding tert-OH is 2. The van der Waals surface area contributed by atoms with Crippen LogP contribution in [-0.2, 0) is 0 Å². The molecule has 0 amide bonds. The first-order valence-electron chi connectivity index (χ1n) is 8.83. The second-order valence-corrected chi connectivity index (χ2v) is 6.68. The predicted octanol–water partition coefficient (Wildman–Crippen LogP) is 2.02. The van der Waals surface area contributed by atoms with E-state index in [-0.39, 0.29) is 24.3 Å². The van der Waals surface area contributed by atoms with Crippen LogP contribution in [0, 0.1) is 11.6 Å². The number of nitrogens with zero attached hydrogens (tertiary/aromatic N) is 2. The van der Waals surface area contributed by atoms with Crippen molar-refractivity contribution in [2.75, 3.05) is 39.3 Å². The van der Waals surface area contributed by atoms with Gasteiger partial charge >= 0.3 is 0 Å². The lowest BCUT2D eigenvalue weighted by Gasteiger charge is -2.40. The molecule has 1 heterocycles. The topological polar surface area (TPSA) is 46.9 Å². The average molecular weight is 362 g/mol. The van der Waals surface area contributed by atoms with E-state index in [2.05, 4.69) is 9.80 Å². The van der Waals surface area contributed by atoms with Crippen LogP contribution in [0.25, 0.3) is 0 Å². The Hall–Kier alpha value is -1.86. The first-order chi connectivity index (χ1) is 12.6. The van der Waals surface area contributed by atoms with E-state index >= 15 is 0 Å². The van der Waals surface area contributed by atoms with E-state index in [0.717, 1.165) is 37.3 Å². The van der Waals surface area contributed by atoms with Gasteiger partial charge in [-0.15, -0.1) is 0 Å². The van der Waals surface area contributed by atoms with Gasteiger partial charge in [-0.25, -0.2) is 8.78 Å². The maximum Gasteiger partial charge on any atom is 0.123 e. The fourth-order valence-electron chi connectivity index (χ4n) is 3.46. The molecule has 1 aliphatic heterocycles. The maximum absolute atomic E-state index is 13.3. The van der Waals surface area contributed by atoms with Crippen molar-refractivity contribution in [3.63, 3.8) is 0 Å². The first kappa shape index (κ1) is 18.9. The Morgan fingerprint density at radius 1 is 0.808 bits per heavy atom. The minimum Gasteiger partial charge on any atom is -0.394 e. The van der Waals surface area contributed by atoms with Crippen LogP contribution in [0.3, 0.4) is 0 Å². The molecule has 4 nitrogen and oxygen atoms in total. The zero-order valence-corrected chi connectivity index (χ0v) is 14.6. The summed E-state index contributed by atoms with van der Waals surface area (Å²) in [5.74, 6) is -0.566. The number of hydrogen-bond donors (Lipinski definition) is 2. The van der Waals surface area contributed by atoms with Gasteiger partial charge in [0.05, 0.1) is 18.8 Å². The molecule has 6 heteroatoms. The van der Waals surface area contributed by atoms with Gasteiger partial charge in [-0.1, -0.05) is 24.3 Å². The smallest absolute Gasteiger partial charge is 0.123 e. The summed E-state index contributed by atoms with van der Waals surface area (Å²) in [5, 5.41) is 18.6. The summed E-state index contributed by atoms with van der Waals surface area (Å²) in [4.78, 5) is 4.39. The van der Waals surface area contributed by atoms with Gasteiger partial charge in [0, 0.05) is 32.7 Å². The number of hydrogen-bond acceptors (Lipinski definition) is 4. The molecule has 2 aromatic carbocycles. The highest BCUT2D eigenvalue weighted by Gasteiger charge is 2.27. The number of aliphatic hydroxyl groups is 2. The molecular weight excluding hydrogens is 338 g/mol. The van der Waals surface area contributed by atoms with Crippen molar-refractivity contribution < 1.29 is 19.0 Å². The maximum atomic E-state index is 13.3. The summed E-state index contributed by atoms with van der Waals surface area (Å²) >= 11 is 0. The van der Waals surface area contributed by atoms with Gasteiger partial charge in [-0.3, -0.25) is 9.80 Å². The van der Waals surface area contributed by atoms with Crippen LogP contribution in [0.5, 0.6) is 0 Å². The Kier molecular flexibility index (Phi) is 6.32. The van der Waals surface area contributed by atoms with Crippen molar-refractivity contribution in [2.24, 2.45) is 0 Å². The number of halogens is 2. The monoisotopic (exact) mass is 362 g/mol.